The van der Waals surface area contributed by atoms with Gasteiger partial charge in [0.25, 0.3) is 0 Å². The molecule has 4 heteroatoms. The highest BCUT2D eigenvalue weighted by Crippen LogP contribution is 2.24. The van der Waals surface area contributed by atoms with Gasteiger partial charge in [0.15, 0.2) is 0 Å². The zero-order chi connectivity index (χ0) is 16.2. The quantitative estimate of drug-likeness (QED) is 0.928. The summed E-state index contributed by atoms with van der Waals surface area (Å²) in [5, 5.41) is 3.19. The zero-order valence-electron chi connectivity index (χ0n) is 13.9. The van der Waals surface area contributed by atoms with Crippen LogP contribution in [0.1, 0.15) is 51.0 Å². The molecule has 124 valence electrons. The summed E-state index contributed by atoms with van der Waals surface area (Å²) in [5.74, 6) is 0.881. The van der Waals surface area contributed by atoms with Gasteiger partial charge < -0.3 is 10.2 Å². The van der Waals surface area contributed by atoms with Gasteiger partial charge in [-0.05, 0) is 42.9 Å². The number of nitrogens with one attached hydrogen (secondary N) is 1. The van der Waals surface area contributed by atoms with Crippen molar-refractivity contribution in [1.29, 1.82) is 0 Å². The minimum Gasteiger partial charge on any atom is -0.353 e. The summed E-state index contributed by atoms with van der Waals surface area (Å²) < 4.78 is 0. The molecule has 1 N–H and O–H groups in total. The lowest BCUT2D eigenvalue weighted by Crippen LogP contribution is -2.41. The van der Waals surface area contributed by atoms with E-state index >= 15 is 0 Å². The number of anilines is 1. The zero-order valence-corrected chi connectivity index (χ0v) is 13.9. The standard InChI is InChI=1S/C19H26N2O2/c1-14-5-2-3-6-17(14)20-18(22)13-15-8-10-16(11-9-15)21-12-4-7-19(21)23/h8-11,14,17H,2-7,12-13H2,1H3,(H,20,22). The fraction of sp³-hybridized carbons (Fsp3) is 0.579. The Labute approximate surface area is 138 Å². The number of rotatable bonds is 4. The highest BCUT2D eigenvalue weighted by atomic mass is 16.2. The molecule has 1 aromatic rings. The summed E-state index contributed by atoms with van der Waals surface area (Å²) in [4.78, 5) is 25.8. The van der Waals surface area contributed by atoms with Gasteiger partial charge in [-0.2, -0.15) is 0 Å². The lowest BCUT2D eigenvalue weighted by Gasteiger charge is -2.29. The Kier molecular flexibility index (Phi) is 4.99. The van der Waals surface area contributed by atoms with Crippen LogP contribution in [0.15, 0.2) is 24.3 Å². The first-order chi connectivity index (χ1) is 11.1. The molecule has 1 saturated carbocycles. The number of carbonyl (C=O) groups excluding carboxylic acids is 2. The van der Waals surface area contributed by atoms with Gasteiger partial charge in [0.2, 0.25) is 11.8 Å². The smallest absolute Gasteiger partial charge is 0.227 e. The van der Waals surface area contributed by atoms with E-state index in [1.165, 1.54) is 19.3 Å². The summed E-state index contributed by atoms with van der Waals surface area (Å²) in [6.07, 6.45) is 6.80. The molecule has 4 nitrogen and oxygen atoms in total. The fourth-order valence-corrected chi connectivity index (χ4v) is 3.69. The van der Waals surface area contributed by atoms with Gasteiger partial charge in [-0.25, -0.2) is 0 Å². The molecule has 0 bridgehead atoms. The molecule has 3 rings (SSSR count). The molecule has 0 spiro atoms. The maximum atomic E-state index is 12.2. The predicted molar refractivity (Wildman–Crippen MR) is 91.3 cm³/mol. The topological polar surface area (TPSA) is 49.4 Å². The molecule has 1 aromatic carbocycles. The Hall–Kier alpha value is -1.84. The first-order valence-corrected chi connectivity index (χ1v) is 8.82. The van der Waals surface area contributed by atoms with E-state index in [0.717, 1.165) is 30.6 Å². The molecule has 1 aliphatic heterocycles. The number of carbonyl (C=O) groups is 2. The summed E-state index contributed by atoms with van der Waals surface area (Å²) in [6.45, 7) is 3.03. The maximum Gasteiger partial charge on any atom is 0.227 e. The summed E-state index contributed by atoms with van der Waals surface area (Å²) in [6, 6.07) is 8.16. The van der Waals surface area contributed by atoms with Crippen molar-refractivity contribution in [2.45, 2.75) is 57.9 Å². The lowest BCUT2D eigenvalue weighted by atomic mass is 9.86. The van der Waals surface area contributed by atoms with E-state index in [0.29, 0.717) is 24.8 Å². The second-order valence-electron chi connectivity index (χ2n) is 6.93. The van der Waals surface area contributed by atoms with E-state index < -0.39 is 0 Å². The first-order valence-electron chi connectivity index (χ1n) is 8.82. The lowest BCUT2D eigenvalue weighted by molar-refractivity contribution is -0.121. The van der Waals surface area contributed by atoms with Gasteiger partial charge >= 0.3 is 0 Å². The average Bonchev–Trinajstić information content (AvgIpc) is 2.96. The Bertz CT molecular complexity index is 567. The normalized spacial score (nSPS) is 24.7. The molecular weight excluding hydrogens is 288 g/mol. The van der Waals surface area contributed by atoms with Crippen LogP contribution in [0.2, 0.25) is 0 Å². The van der Waals surface area contributed by atoms with Crippen molar-refractivity contribution >= 4 is 17.5 Å². The fourth-order valence-electron chi connectivity index (χ4n) is 3.69. The van der Waals surface area contributed by atoms with Crippen LogP contribution < -0.4 is 10.2 Å². The molecule has 23 heavy (non-hydrogen) atoms. The Morgan fingerprint density at radius 2 is 1.91 bits per heavy atom. The molecule has 1 saturated heterocycles. The summed E-state index contributed by atoms with van der Waals surface area (Å²) >= 11 is 0. The molecule has 0 radical (unpaired) electrons. The monoisotopic (exact) mass is 314 g/mol. The number of hydrogen-bond acceptors (Lipinski definition) is 2. The van der Waals surface area contributed by atoms with Gasteiger partial charge in [-0.1, -0.05) is 31.9 Å². The van der Waals surface area contributed by atoms with Crippen LogP contribution in [0.4, 0.5) is 5.69 Å². The average molecular weight is 314 g/mol. The van der Waals surface area contributed by atoms with Gasteiger partial charge in [0.1, 0.15) is 0 Å². The van der Waals surface area contributed by atoms with Crippen LogP contribution in [0, 0.1) is 5.92 Å². The second kappa shape index (κ2) is 7.16. The first kappa shape index (κ1) is 16.0. The van der Waals surface area contributed by atoms with E-state index in [9.17, 15) is 9.59 Å². The van der Waals surface area contributed by atoms with Crippen LogP contribution in [-0.4, -0.2) is 24.4 Å². The van der Waals surface area contributed by atoms with Crippen molar-refractivity contribution in [3.8, 4) is 0 Å². The Morgan fingerprint density at radius 3 is 2.57 bits per heavy atom. The third-order valence-corrected chi connectivity index (χ3v) is 5.14. The van der Waals surface area contributed by atoms with Gasteiger partial charge in [-0.3, -0.25) is 9.59 Å². The van der Waals surface area contributed by atoms with Crippen LogP contribution in [0.25, 0.3) is 0 Å². The minimum atomic E-state index is 0.105. The molecule has 2 unspecified atom stereocenters. The minimum absolute atomic E-state index is 0.105. The van der Waals surface area contributed by atoms with Crippen LogP contribution in [0.5, 0.6) is 0 Å². The van der Waals surface area contributed by atoms with Crippen molar-refractivity contribution in [3.63, 3.8) is 0 Å². The second-order valence-corrected chi connectivity index (χ2v) is 6.93. The Balaban J connectivity index is 1.55. The summed E-state index contributed by atoms with van der Waals surface area (Å²) in [7, 11) is 0. The van der Waals surface area contributed by atoms with Gasteiger partial charge in [0.05, 0.1) is 6.42 Å². The largest absolute Gasteiger partial charge is 0.353 e. The van der Waals surface area contributed by atoms with E-state index in [-0.39, 0.29) is 11.8 Å². The summed E-state index contributed by atoms with van der Waals surface area (Å²) in [5.41, 5.74) is 1.94. The van der Waals surface area contributed by atoms with E-state index in [1.54, 1.807) is 0 Å². The van der Waals surface area contributed by atoms with Crippen molar-refractivity contribution in [3.05, 3.63) is 29.8 Å². The third-order valence-electron chi connectivity index (χ3n) is 5.14. The van der Waals surface area contributed by atoms with Gasteiger partial charge in [0, 0.05) is 24.7 Å². The predicted octanol–water partition coefficient (Wildman–Crippen LogP) is 3.05. The van der Waals surface area contributed by atoms with Crippen molar-refractivity contribution in [2.24, 2.45) is 5.92 Å². The molecule has 2 atom stereocenters. The van der Waals surface area contributed by atoms with E-state index in [1.807, 2.05) is 29.2 Å². The van der Waals surface area contributed by atoms with Crippen molar-refractivity contribution in [1.82, 2.24) is 5.32 Å². The molecule has 2 amide bonds. The van der Waals surface area contributed by atoms with E-state index in [4.69, 9.17) is 0 Å². The molecule has 1 aliphatic carbocycles. The highest BCUT2D eigenvalue weighted by Gasteiger charge is 2.23. The van der Waals surface area contributed by atoms with Crippen molar-refractivity contribution in [2.75, 3.05) is 11.4 Å². The number of nitrogens with zero attached hydrogens (tertiary/aromatic N) is 1. The highest BCUT2D eigenvalue weighted by molar-refractivity contribution is 5.95. The Morgan fingerprint density at radius 1 is 1.17 bits per heavy atom. The molecule has 1 heterocycles. The number of benzene rings is 1. The maximum absolute atomic E-state index is 12.2. The van der Waals surface area contributed by atoms with Crippen molar-refractivity contribution < 1.29 is 9.59 Å². The van der Waals surface area contributed by atoms with Crippen LogP contribution >= 0.6 is 0 Å². The van der Waals surface area contributed by atoms with Crippen LogP contribution in [0.3, 0.4) is 0 Å². The SMILES string of the molecule is CC1CCCCC1NC(=O)Cc1ccc(N2CCCC2=O)cc1. The molecule has 2 fully saturated rings. The third kappa shape index (κ3) is 3.92. The van der Waals surface area contributed by atoms with E-state index in [2.05, 4.69) is 12.2 Å². The number of hydrogen-bond donors (Lipinski definition) is 1. The van der Waals surface area contributed by atoms with Gasteiger partial charge in [-0.15, -0.1) is 0 Å². The molecular formula is C19H26N2O2. The molecule has 0 aromatic heterocycles. The molecule has 2 aliphatic rings. The number of amides is 2. The van der Waals surface area contributed by atoms with Crippen LogP contribution in [-0.2, 0) is 16.0 Å².